The fourth-order valence-corrected chi connectivity index (χ4v) is 0. The predicted molar refractivity (Wildman–Crippen MR) is 41.1 cm³/mol. The lowest BCUT2D eigenvalue weighted by Gasteiger charge is -1.90. The molecule has 0 aromatic heterocycles. The van der Waals surface area contributed by atoms with E-state index in [9.17, 15) is 0 Å². The molecule has 1 unspecified atom stereocenters. The summed E-state index contributed by atoms with van der Waals surface area (Å²) in [7, 11) is 0. The fourth-order valence-electron chi connectivity index (χ4n) is 0. The normalized spacial score (nSPS) is 14.0. The van der Waals surface area contributed by atoms with Gasteiger partial charge in [0.1, 0.15) is 0 Å². The van der Waals surface area contributed by atoms with Gasteiger partial charge in [-0.15, -0.1) is 0 Å². The van der Waals surface area contributed by atoms with Crippen LogP contribution in [-0.4, -0.2) is 0 Å². The van der Waals surface area contributed by atoms with Crippen LogP contribution in [0.25, 0.3) is 0 Å². The maximum absolute atomic E-state index is 7.03. The van der Waals surface area contributed by atoms with E-state index in [-0.39, 0.29) is 6.40 Å². The average molecular weight is 117 g/mol. The first-order chi connectivity index (χ1) is 4.06. The van der Waals surface area contributed by atoms with E-state index in [4.69, 9.17) is 1.37 Å². The molecule has 0 N–H and O–H groups in total. The van der Waals surface area contributed by atoms with Crippen molar-refractivity contribution in [2.24, 2.45) is 5.92 Å². The van der Waals surface area contributed by atoms with Crippen molar-refractivity contribution in [1.82, 2.24) is 0 Å². The monoisotopic (exact) mass is 117 g/mol. The molecule has 0 aromatic rings. The standard InChI is InChI=1S/C5H12.C3H8/c1-4-5(2)3;1-3-2/h5H,4H2,1-3H3;3H2,1-2H3/i4D;. The molecular formula is C8H20. The van der Waals surface area contributed by atoms with Gasteiger partial charge in [-0.25, -0.2) is 0 Å². The van der Waals surface area contributed by atoms with Gasteiger partial charge in [0.2, 0.25) is 0 Å². The highest BCUT2D eigenvalue weighted by atomic mass is 13.9. The summed E-state index contributed by atoms with van der Waals surface area (Å²) in [5.74, 6) is 0.519. The van der Waals surface area contributed by atoms with Gasteiger partial charge in [0.05, 0.1) is 0 Å². The van der Waals surface area contributed by atoms with Crippen LogP contribution in [0.5, 0.6) is 0 Å². The Bertz CT molecular complexity index is 33.8. The molecule has 0 aliphatic rings. The first-order valence-electron chi connectivity index (χ1n) is 4.06. The summed E-state index contributed by atoms with van der Waals surface area (Å²) in [6, 6.07) is 0. The molecule has 0 aliphatic heterocycles. The Hall–Kier alpha value is 0. The van der Waals surface area contributed by atoms with Crippen LogP contribution in [0.1, 0.15) is 48.8 Å². The summed E-state index contributed by atoms with van der Waals surface area (Å²) in [6.07, 6.45) is 1.35. The quantitative estimate of drug-likeness (QED) is 0.493. The van der Waals surface area contributed by atoms with Crippen LogP contribution in [0.4, 0.5) is 0 Å². The third-order valence-electron chi connectivity index (χ3n) is 0.667. The maximum atomic E-state index is 7.03. The van der Waals surface area contributed by atoms with Crippen molar-refractivity contribution >= 4 is 0 Å². The van der Waals surface area contributed by atoms with Crippen LogP contribution < -0.4 is 0 Å². The maximum Gasteiger partial charge on any atom is 0.0266 e. The van der Waals surface area contributed by atoms with E-state index < -0.39 is 0 Å². The van der Waals surface area contributed by atoms with Gasteiger partial charge >= 0.3 is 0 Å². The van der Waals surface area contributed by atoms with Crippen molar-refractivity contribution in [1.29, 1.82) is 0 Å². The minimum atomic E-state index is 0.102. The molecule has 0 heteroatoms. The molecule has 0 bridgehead atoms. The molecule has 0 radical (unpaired) electrons. The minimum Gasteiger partial charge on any atom is -0.0656 e. The van der Waals surface area contributed by atoms with Gasteiger partial charge < -0.3 is 0 Å². The van der Waals surface area contributed by atoms with Gasteiger partial charge in [-0.2, -0.15) is 0 Å². The van der Waals surface area contributed by atoms with Crippen molar-refractivity contribution in [3.8, 4) is 0 Å². The van der Waals surface area contributed by atoms with Crippen LogP contribution in [0.2, 0.25) is 0 Å². The Morgan fingerprint density at radius 2 is 1.38 bits per heavy atom. The van der Waals surface area contributed by atoms with Gasteiger partial charge in [0.25, 0.3) is 0 Å². The van der Waals surface area contributed by atoms with E-state index in [2.05, 4.69) is 27.7 Å². The van der Waals surface area contributed by atoms with Crippen molar-refractivity contribution < 1.29 is 1.37 Å². The van der Waals surface area contributed by atoms with Gasteiger partial charge in [-0.1, -0.05) is 47.4 Å². The average Bonchev–Trinajstić information content (AvgIpc) is 1.68. The van der Waals surface area contributed by atoms with E-state index in [0.717, 1.165) is 0 Å². The Labute approximate surface area is 55.7 Å². The SMILES string of the molecule is CCC.[2H]C(C)C(C)C. The molecule has 0 rings (SSSR count). The highest BCUT2D eigenvalue weighted by molar-refractivity contribution is 4.32. The van der Waals surface area contributed by atoms with Crippen LogP contribution in [0.15, 0.2) is 0 Å². The van der Waals surface area contributed by atoms with Gasteiger partial charge in [-0.05, 0) is 5.92 Å². The summed E-state index contributed by atoms with van der Waals surface area (Å²) in [5, 5.41) is 0. The smallest absolute Gasteiger partial charge is 0.0266 e. The third kappa shape index (κ3) is 37.5. The van der Waals surface area contributed by atoms with E-state index in [0.29, 0.717) is 5.92 Å². The van der Waals surface area contributed by atoms with E-state index >= 15 is 0 Å². The lowest BCUT2D eigenvalue weighted by atomic mass is 10.2. The van der Waals surface area contributed by atoms with Crippen molar-refractivity contribution in [2.45, 2.75) is 47.4 Å². The van der Waals surface area contributed by atoms with Crippen molar-refractivity contribution in [3.05, 3.63) is 0 Å². The topological polar surface area (TPSA) is 0 Å². The molecule has 0 aliphatic carbocycles. The van der Waals surface area contributed by atoms with Crippen molar-refractivity contribution in [3.63, 3.8) is 0 Å². The van der Waals surface area contributed by atoms with E-state index in [1.807, 2.05) is 6.92 Å². The molecule has 52 valence electrons. The van der Waals surface area contributed by atoms with E-state index in [1.54, 1.807) is 0 Å². The zero-order valence-corrected chi connectivity index (χ0v) is 6.86. The second-order valence-electron chi connectivity index (χ2n) is 2.28. The molecule has 0 fully saturated rings. The highest BCUT2D eigenvalue weighted by Gasteiger charge is 1.80. The third-order valence-corrected chi connectivity index (χ3v) is 0.667. The van der Waals surface area contributed by atoms with Crippen LogP contribution in [-0.2, 0) is 0 Å². The number of hydrogen-bond donors (Lipinski definition) is 0. The molecule has 1 atom stereocenters. The summed E-state index contributed by atoms with van der Waals surface area (Å²) < 4.78 is 7.03. The summed E-state index contributed by atoms with van der Waals surface area (Å²) >= 11 is 0. The largest absolute Gasteiger partial charge is 0.0656 e. The molecule has 8 heavy (non-hydrogen) atoms. The summed E-state index contributed by atoms with van der Waals surface area (Å²) in [5.41, 5.74) is 0. The molecule has 0 amide bonds. The van der Waals surface area contributed by atoms with Gasteiger partial charge in [-0.3, -0.25) is 0 Å². The van der Waals surface area contributed by atoms with E-state index in [1.165, 1.54) is 6.42 Å². The summed E-state index contributed by atoms with van der Waals surface area (Å²) in [4.78, 5) is 0. The first-order valence-corrected chi connectivity index (χ1v) is 3.48. The Morgan fingerprint density at radius 1 is 1.25 bits per heavy atom. The molecule has 0 saturated carbocycles. The minimum absolute atomic E-state index is 0.102. The molecular weight excluding hydrogens is 96.1 g/mol. The van der Waals surface area contributed by atoms with Crippen LogP contribution >= 0.6 is 0 Å². The fraction of sp³-hybridized carbons (Fsp3) is 1.00. The van der Waals surface area contributed by atoms with Crippen LogP contribution in [0.3, 0.4) is 0 Å². The molecule has 0 saturated heterocycles. The lowest BCUT2D eigenvalue weighted by molar-refractivity contribution is 0.626. The Balaban J connectivity index is 0. The number of rotatable bonds is 1. The number of hydrogen-bond acceptors (Lipinski definition) is 0. The second-order valence-corrected chi connectivity index (χ2v) is 2.28. The highest BCUT2D eigenvalue weighted by Crippen LogP contribution is 1.93. The predicted octanol–water partition coefficient (Wildman–Crippen LogP) is 3.47. The van der Waals surface area contributed by atoms with Gasteiger partial charge in [0, 0.05) is 1.37 Å². The molecule has 0 heterocycles. The second kappa shape index (κ2) is 10.1. The Kier molecular flexibility index (Phi) is 10.1. The zero-order valence-electron chi connectivity index (χ0n) is 7.86. The first kappa shape index (κ1) is 8.00. The van der Waals surface area contributed by atoms with Crippen LogP contribution in [0, 0.1) is 5.92 Å². The van der Waals surface area contributed by atoms with Crippen molar-refractivity contribution in [2.75, 3.05) is 0 Å². The van der Waals surface area contributed by atoms with Gasteiger partial charge in [0.15, 0.2) is 0 Å². The molecule has 0 aromatic carbocycles. The zero-order chi connectivity index (χ0) is 7.86. The lowest BCUT2D eigenvalue weighted by Crippen LogP contribution is -1.77. The summed E-state index contributed by atoms with van der Waals surface area (Å²) in [6.45, 7) is 10.3. The Morgan fingerprint density at radius 3 is 1.38 bits per heavy atom. The molecule has 0 spiro atoms. The molecule has 0 nitrogen and oxygen atoms in total.